The van der Waals surface area contributed by atoms with Crippen LogP contribution in [-0.4, -0.2) is 29.1 Å². The molecule has 0 spiro atoms. The highest BCUT2D eigenvalue weighted by atomic mass is 35.5. The standard InChI is InChI=1S/C16H18ClN3O2/c1-22-14-7-12(6-13(17)8-14)16(21)19-9-11-2-3-15-18-4-5-20(15)10-11/h4-8,11H,2-3,9-10H2,1H3,(H,19,21). The average Bonchev–Trinajstić information content (AvgIpc) is 2.99. The predicted octanol–water partition coefficient (Wildman–Crippen LogP) is 2.54. The monoisotopic (exact) mass is 319 g/mol. The lowest BCUT2D eigenvalue weighted by Crippen LogP contribution is -2.33. The van der Waals surface area contributed by atoms with E-state index in [9.17, 15) is 4.79 Å². The van der Waals surface area contributed by atoms with Gasteiger partial charge >= 0.3 is 0 Å². The zero-order chi connectivity index (χ0) is 15.5. The van der Waals surface area contributed by atoms with Gasteiger partial charge in [0.15, 0.2) is 0 Å². The van der Waals surface area contributed by atoms with Crippen LogP contribution in [0.4, 0.5) is 0 Å². The fourth-order valence-corrected chi connectivity index (χ4v) is 2.98. The molecule has 3 rings (SSSR count). The van der Waals surface area contributed by atoms with Crippen molar-refractivity contribution in [1.29, 1.82) is 0 Å². The summed E-state index contributed by atoms with van der Waals surface area (Å²) in [5.74, 6) is 2.00. The summed E-state index contributed by atoms with van der Waals surface area (Å²) < 4.78 is 7.29. The molecule has 0 bridgehead atoms. The van der Waals surface area contributed by atoms with Gasteiger partial charge in [-0.2, -0.15) is 0 Å². The van der Waals surface area contributed by atoms with E-state index in [4.69, 9.17) is 16.3 Å². The summed E-state index contributed by atoms with van der Waals surface area (Å²) >= 11 is 6.00. The summed E-state index contributed by atoms with van der Waals surface area (Å²) in [6.45, 7) is 1.54. The first-order valence-electron chi connectivity index (χ1n) is 7.28. The number of nitrogens with one attached hydrogen (secondary N) is 1. The van der Waals surface area contributed by atoms with E-state index in [-0.39, 0.29) is 5.91 Å². The Morgan fingerprint density at radius 1 is 1.50 bits per heavy atom. The van der Waals surface area contributed by atoms with Crippen molar-refractivity contribution in [3.63, 3.8) is 0 Å². The minimum absolute atomic E-state index is 0.128. The number of carbonyl (C=O) groups is 1. The number of imidazole rings is 1. The van der Waals surface area contributed by atoms with Gasteiger partial charge in [0.05, 0.1) is 7.11 Å². The second-order valence-electron chi connectivity index (χ2n) is 5.49. The number of carbonyl (C=O) groups excluding carboxylic acids is 1. The highest BCUT2D eigenvalue weighted by molar-refractivity contribution is 6.31. The molecule has 22 heavy (non-hydrogen) atoms. The van der Waals surface area contributed by atoms with E-state index in [1.807, 2.05) is 12.4 Å². The molecule has 0 saturated heterocycles. The Morgan fingerprint density at radius 3 is 3.18 bits per heavy atom. The Labute approximate surface area is 134 Å². The van der Waals surface area contributed by atoms with Crippen LogP contribution in [-0.2, 0) is 13.0 Å². The van der Waals surface area contributed by atoms with Gasteiger partial charge in [0.1, 0.15) is 11.6 Å². The van der Waals surface area contributed by atoms with E-state index >= 15 is 0 Å². The number of amides is 1. The molecule has 1 aromatic heterocycles. The van der Waals surface area contributed by atoms with Crippen molar-refractivity contribution in [2.75, 3.05) is 13.7 Å². The number of aromatic nitrogens is 2. The first-order chi connectivity index (χ1) is 10.7. The fourth-order valence-electron chi connectivity index (χ4n) is 2.75. The van der Waals surface area contributed by atoms with Gasteiger partial charge in [0.25, 0.3) is 5.91 Å². The molecule has 0 aliphatic carbocycles. The maximum Gasteiger partial charge on any atom is 0.251 e. The van der Waals surface area contributed by atoms with E-state index in [0.29, 0.717) is 28.8 Å². The Morgan fingerprint density at radius 2 is 2.36 bits per heavy atom. The summed E-state index contributed by atoms with van der Waals surface area (Å²) in [6, 6.07) is 5.02. The number of hydrogen-bond acceptors (Lipinski definition) is 3. The molecule has 1 unspecified atom stereocenters. The van der Waals surface area contributed by atoms with Crippen molar-refractivity contribution < 1.29 is 9.53 Å². The number of rotatable bonds is 4. The largest absolute Gasteiger partial charge is 0.497 e. The molecule has 0 saturated carbocycles. The third kappa shape index (κ3) is 3.25. The van der Waals surface area contributed by atoms with E-state index in [1.54, 1.807) is 25.3 Å². The molecule has 2 aromatic rings. The number of fused-ring (bicyclic) bond motifs is 1. The van der Waals surface area contributed by atoms with E-state index < -0.39 is 0 Å². The number of benzene rings is 1. The van der Waals surface area contributed by atoms with Gasteiger partial charge in [-0.1, -0.05) is 11.6 Å². The first-order valence-corrected chi connectivity index (χ1v) is 7.66. The highest BCUT2D eigenvalue weighted by Gasteiger charge is 2.19. The maximum absolute atomic E-state index is 12.3. The molecule has 116 valence electrons. The fraction of sp³-hybridized carbons (Fsp3) is 0.375. The zero-order valence-electron chi connectivity index (χ0n) is 12.4. The van der Waals surface area contributed by atoms with Crippen molar-refractivity contribution in [1.82, 2.24) is 14.9 Å². The van der Waals surface area contributed by atoms with Gasteiger partial charge in [0.2, 0.25) is 0 Å². The molecule has 2 heterocycles. The quantitative estimate of drug-likeness (QED) is 0.942. The van der Waals surface area contributed by atoms with E-state index in [1.165, 1.54) is 0 Å². The molecule has 1 atom stereocenters. The minimum Gasteiger partial charge on any atom is -0.497 e. The molecule has 1 aliphatic heterocycles. The van der Waals surface area contributed by atoms with E-state index in [2.05, 4.69) is 14.9 Å². The zero-order valence-corrected chi connectivity index (χ0v) is 13.1. The number of halogens is 1. The number of methoxy groups -OCH3 is 1. The van der Waals surface area contributed by atoms with Crippen LogP contribution in [0.15, 0.2) is 30.6 Å². The van der Waals surface area contributed by atoms with Crippen molar-refractivity contribution in [3.8, 4) is 5.75 Å². The molecule has 1 aliphatic rings. The number of aryl methyl sites for hydroxylation is 1. The Bertz CT molecular complexity index is 684. The summed E-state index contributed by atoms with van der Waals surface area (Å²) in [6.07, 6.45) is 5.81. The van der Waals surface area contributed by atoms with Crippen molar-refractivity contribution >= 4 is 17.5 Å². The minimum atomic E-state index is -0.128. The molecule has 6 heteroatoms. The maximum atomic E-state index is 12.3. The summed E-state index contributed by atoms with van der Waals surface area (Å²) in [5.41, 5.74) is 0.517. The van der Waals surface area contributed by atoms with Gasteiger partial charge in [-0.15, -0.1) is 0 Å². The smallest absolute Gasteiger partial charge is 0.251 e. The lowest BCUT2D eigenvalue weighted by molar-refractivity contribution is 0.0943. The lowest BCUT2D eigenvalue weighted by atomic mass is 9.99. The summed E-state index contributed by atoms with van der Waals surface area (Å²) in [5, 5.41) is 3.47. The molecular weight excluding hydrogens is 302 g/mol. The molecule has 5 nitrogen and oxygen atoms in total. The van der Waals surface area contributed by atoms with Crippen LogP contribution in [0.5, 0.6) is 5.75 Å². The van der Waals surface area contributed by atoms with Gasteiger partial charge in [-0.3, -0.25) is 4.79 Å². The average molecular weight is 320 g/mol. The van der Waals surface area contributed by atoms with E-state index in [0.717, 1.165) is 25.2 Å². The van der Waals surface area contributed by atoms with Crippen LogP contribution >= 0.6 is 11.6 Å². The van der Waals surface area contributed by atoms with Gasteiger partial charge in [0, 0.05) is 42.5 Å². The summed E-state index contributed by atoms with van der Waals surface area (Å²) in [4.78, 5) is 16.6. The Kier molecular flexibility index (Phi) is 4.34. The van der Waals surface area contributed by atoms with Crippen LogP contribution in [0, 0.1) is 5.92 Å². The van der Waals surface area contributed by atoms with Crippen LogP contribution in [0.2, 0.25) is 5.02 Å². The normalized spacial score (nSPS) is 16.9. The molecule has 1 aromatic carbocycles. The first kappa shape index (κ1) is 14.9. The SMILES string of the molecule is COc1cc(Cl)cc(C(=O)NCC2CCc3nccn3C2)c1. The van der Waals surface area contributed by atoms with Gasteiger partial charge in [-0.25, -0.2) is 4.98 Å². The number of hydrogen-bond donors (Lipinski definition) is 1. The third-order valence-corrected chi connectivity index (χ3v) is 4.17. The Hall–Kier alpha value is -2.01. The van der Waals surface area contributed by atoms with Crippen molar-refractivity contribution in [2.45, 2.75) is 19.4 Å². The molecule has 0 fully saturated rings. The van der Waals surface area contributed by atoms with Crippen LogP contribution in [0.25, 0.3) is 0 Å². The molecule has 1 amide bonds. The van der Waals surface area contributed by atoms with Gasteiger partial charge < -0.3 is 14.6 Å². The second kappa shape index (κ2) is 6.40. The molecule has 1 N–H and O–H groups in total. The summed E-state index contributed by atoms with van der Waals surface area (Å²) in [7, 11) is 1.55. The highest BCUT2D eigenvalue weighted by Crippen LogP contribution is 2.21. The van der Waals surface area contributed by atoms with Crippen molar-refractivity contribution in [2.24, 2.45) is 5.92 Å². The van der Waals surface area contributed by atoms with Crippen molar-refractivity contribution in [3.05, 3.63) is 47.0 Å². The van der Waals surface area contributed by atoms with Crippen LogP contribution < -0.4 is 10.1 Å². The lowest BCUT2D eigenvalue weighted by Gasteiger charge is -2.24. The molecule has 0 radical (unpaired) electrons. The Balaban J connectivity index is 1.60. The topological polar surface area (TPSA) is 56.1 Å². The third-order valence-electron chi connectivity index (χ3n) is 3.95. The molecular formula is C16H18ClN3O2. The van der Waals surface area contributed by atoms with Crippen LogP contribution in [0.1, 0.15) is 22.6 Å². The predicted molar refractivity (Wildman–Crippen MR) is 84.4 cm³/mol. The van der Waals surface area contributed by atoms with Crippen LogP contribution in [0.3, 0.4) is 0 Å². The van der Waals surface area contributed by atoms with Gasteiger partial charge in [-0.05, 0) is 30.5 Å². The number of nitrogens with zero attached hydrogens (tertiary/aromatic N) is 2. The second-order valence-corrected chi connectivity index (χ2v) is 5.93. The number of ether oxygens (including phenoxy) is 1.